The smallest absolute Gasteiger partial charge is 0.243 e. The number of piperidine rings is 1. The van der Waals surface area contributed by atoms with Gasteiger partial charge in [0.15, 0.2) is 0 Å². The highest BCUT2D eigenvalue weighted by molar-refractivity contribution is 7.89. The van der Waals surface area contributed by atoms with Crippen LogP contribution < -0.4 is 0 Å². The number of hydrogen-bond acceptors (Lipinski definition) is 3. The molecule has 0 spiro atoms. The van der Waals surface area contributed by atoms with E-state index in [9.17, 15) is 17.6 Å². The molecule has 6 heteroatoms. The normalized spacial score (nSPS) is 21.6. The van der Waals surface area contributed by atoms with E-state index in [4.69, 9.17) is 0 Å². The molecule has 2 rings (SSSR count). The van der Waals surface area contributed by atoms with Gasteiger partial charge in [-0.05, 0) is 30.7 Å². The Morgan fingerprint density at radius 2 is 2.05 bits per heavy atom. The fraction of sp³-hybridized carbons (Fsp3) is 0.462. The Balaban J connectivity index is 2.35. The highest BCUT2D eigenvalue weighted by atomic mass is 32.2. The highest BCUT2D eigenvalue weighted by Gasteiger charge is 2.33. The first kappa shape index (κ1) is 14.1. The lowest BCUT2D eigenvalue weighted by Crippen LogP contribution is -2.43. The minimum absolute atomic E-state index is 0.0854. The van der Waals surface area contributed by atoms with Gasteiger partial charge in [-0.15, -0.1) is 0 Å². The molecule has 0 N–H and O–H groups in total. The molecule has 0 aromatic heterocycles. The lowest BCUT2D eigenvalue weighted by atomic mass is 10.0. The number of hydrogen-bond donors (Lipinski definition) is 0. The monoisotopic (exact) mass is 285 g/mol. The van der Waals surface area contributed by atoms with E-state index >= 15 is 0 Å². The van der Waals surface area contributed by atoms with E-state index in [1.54, 1.807) is 13.8 Å². The molecule has 104 valence electrons. The Kier molecular flexibility index (Phi) is 3.73. The molecule has 1 aliphatic rings. The maximum Gasteiger partial charge on any atom is 0.243 e. The van der Waals surface area contributed by atoms with E-state index in [-0.39, 0.29) is 36.1 Å². The number of carbonyl (C=O) groups is 1. The number of carbonyl (C=O) groups excluding carboxylic acids is 1. The lowest BCUT2D eigenvalue weighted by Gasteiger charge is -2.29. The quantitative estimate of drug-likeness (QED) is 0.831. The van der Waals surface area contributed by atoms with Gasteiger partial charge < -0.3 is 0 Å². The second kappa shape index (κ2) is 5.02. The van der Waals surface area contributed by atoms with Crippen LogP contribution in [0.3, 0.4) is 0 Å². The minimum atomic E-state index is -3.65. The fourth-order valence-electron chi connectivity index (χ4n) is 2.24. The number of benzene rings is 1. The number of halogens is 1. The zero-order valence-corrected chi connectivity index (χ0v) is 11.7. The molecule has 0 amide bonds. The van der Waals surface area contributed by atoms with Gasteiger partial charge in [-0.3, -0.25) is 4.79 Å². The van der Waals surface area contributed by atoms with Crippen molar-refractivity contribution >= 4 is 15.8 Å². The van der Waals surface area contributed by atoms with Crippen molar-refractivity contribution in [1.29, 1.82) is 0 Å². The van der Waals surface area contributed by atoms with Gasteiger partial charge in [0, 0.05) is 25.4 Å². The van der Waals surface area contributed by atoms with Gasteiger partial charge in [0.25, 0.3) is 0 Å². The molecular weight excluding hydrogens is 269 g/mol. The first-order chi connectivity index (χ1) is 8.82. The van der Waals surface area contributed by atoms with Gasteiger partial charge in [0.2, 0.25) is 10.0 Å². The van der Waals surface area contributed by atoms with Crippen molar-refractivity contribution in [1.82, 2.24) is 4.31 Å². The van der Waals surface area contributed by atoms with E-state index in [0.717, 1.165) is 6.07 Å². The largest absolute Gasteiger partial charge is 0.299 e. The van der Waals surface area contributed by atoms with E-state index in [1.807, 2.05) is 0 Å². The number of Topliss-reactive ketones (excluding diaryl/α,β-unsaturated/α-hetero) is 1. The van der Waals surface area contributed by atoms with Crippen LogP contribution in [0.5, 0.6) is 0 Å². The maximum atomic E-state index is 13.0. The number of nitrogens with zero attached hydrogens (tertiary/aromatic N) is 1. The Bertz CT molecular complexity index is 612. The van der Waals surface area contributed by atoms with Crippen LogP contribution in [0.4, 0.5) is 4.39 Å². The SMILES string of the molecule is Cc1cc(F)ccc1S(=O)(=O)N1CCC(=O)C(C)C1. The summed E-state index contributed by atoms with van der Waals surface area (Å²) in [6.07, 6.45) is 0.237. The molecule has 1 aromatic carbocycles. The van der Waals surface area contributed by atoms with Crippen LogP contribution in [0, 0.1) is 18.7 Å². The summed E-state index contributed by atoms with van der Waals surface area (Å²) in [4.78, 5) is 11.6. The first-order valence-corrected chi connectivity index (χ1v) is 7.55. The number of aryl methyl sites for hydroxylation is 1. The van der Waals surface area contributed by atoms with Crippen molar-refractivity contribution in [2.45, 2.75) is 25.2 Å². The molecule has 4 nitrogen and oxygen atoms in total. The van der Waals surface area contributed by atoms with Crippen LogP contribution in [0.2, 0.25) is 0 Å². The highest BCUT2D eigenvalue weighted by Crippen LogP contribution is 2.24. The Morgan fingerprint density at radius 3 is 2.63 bits per heavy atom. The Morgan fingerprint density at radius 1 is 1.37 bits per heavy atom. The van der Waals surface area contributed by atoms with E-state index in [1.165, 1.54) is 16.4 Å². The van der Waals surface area contributed by atoms with Crippen LogP contribution in [-0.2, 0) is 14.8 Å². The van der Waals surface area contributed by atoms with Crippen LogP contribution in [0.25, 0.3) is 0 Å². The molecular formula is C13H16FNO3S. The molecule has 1 atom stereocenters. The summed E-state index contributed by atoms with van der Waals surface area (Å²) in [7, 11) is -3.65. The van der Waals surface area contributed by atoms with Gasteiger partial charge >= 0.3 is 0 Å². The molecule has 1 fully saturated rings. The van der Waals surface area contributed by atoms with E-state index in [0.29, 0.717) is 5.56 Å². The lowest BCUT2D eigenvalue weighted by molar-refractivity contribution is -0.124. The summed E-state index contributed by atoms with van der Waals surface area (Å²) in [6, 6.07) is 3.62. The molecule has 1 aromatic rings. The van der Waals surface area contributed by atoms with Crippen LogP contribution in [0.15, 0.2) is 23.1 Å². The van der Waals surface area contributed by atoms with Crippen molar-refractivity contribution in [3.05, 3.63) is 29.6 Å². The van der Waals surface area contributed by atoms with Crippen molar-refractivity contribution in [3.8, 4) is 0 Å². The van der Waals surface area contributed by atoms with Gasteiger partial charge in [-0.2, -0.15) is 4.31 Å². The maximum absolute atomic E-state index is 13.0. The van der Waals surface area contributed by atoms with Crippen molar-refractivity contribution in [2.24, 2.45) is 5.92 Å². The molecule has 0 aliphatic carbocycles. The van der Waals surface area contributed by atoms with Gasteiger partial charge in [0.1, 0.15) is 11.6 Å². The molecule has 1 aliphatic heterocycles. The second-order valence-corrected chi connectivity index (χ2v) is 6.80. The standard InChI is InChI=1S/C13H16FNO3S/c1-9-7-11(14)3-4-13(9)19(17,18)15-6-5-12(16)10(2)8-15/h3-4,7,10H,5-6,8H2,1-2H3. The number of sulfonamides is 1. The fourth-order valence-corrected chi connectivity index (χ4v) is 3.97. The molecule has 0 bridgehead atoms. The molecule has 0 radical (unpaired) electrons. The first-order valence-electron chi connectivity index (χ1n) is 6.11. The van der Waals surface area contributed by atoms with Crippen molar-refractivity contribution < 1.29 is 17.6 Å². The predicted molar refractivity (Wildman–Crippen MR) is 68.7 cm³/mol. The number of ketones is 1. The predicted octanol–water partition coefficient (Wildman–Crippen LogP) is 1.73. The summed E-state index contributed by atoms with van der Waals surface area (Å²) >= 11 is 0. The third-order valence-electron chi connectivity index (χ3n) is 3.39. The van der Waals surface area contributed by atoms with E-state index in [2.05, 4.69) is 0 Å². The average molecular weight is 285 g/mol. The topological polar surface area (TPSA) is 54.5 Å². The van der Waals surface area contributed by atoms with Gasteiger partial charge in [-0.25, -0.2) is 12.8 Å². The molecule has 19 heavy (non-hydrogen) atoms. The van der Waals surface area contributed by atoms with Gasteiger partial charge in [-0.1, -0.05) is 6.92 Å². The number of rotatable bonds is 2. The molecule has 1 unspecified atom stereocenters. The second-order valence-electron chi connectivity index (χ2n) is 4.89. The summed E-state index contributed by atoms with van der Waals surface area (Å²) in [5.74, 6) is -0.662. The zero-order valence-electron chi connectivity index (χ0n) is 10.9. The minimum Gasteiger partial charge on any atom is -0.299 e. The third kappa shape index (κ3) is 2.69. The van der Waals surface area contributed by atoms with Crippen LogP contribution in [-0.4, -0.2) is 31.6 Å². The van der Waals surface area contributed by atoms with Crippen molar-refractivity contribution in [3.63, 3.8) is 0 Å². The van der Waals surface area contributed by atoms with E-state index < -0.39 is 15.8 Å². The Labute approximate surface area is 112 Å². The summed E-state index contributed by atoms with van der Waals surface area (Å²) in [6.45, 7) is 3.68. The summed E-state index contributed by atoms with van der Waals surface area (Å²) < 4.78 is 39.3. The molecule has 1 saturated heterocycles. The zero-order chi connectivity index (χ0) is 14.2. The third-order valence-corrected chi connectivity index (χ3v) is 5.41. The average Bonchev–Trinajstić information content (AvgIpc) is 2.32. The van der Waals surface area contributed by atoms with Crippen molar-refractivity contribution in [2.75, 3.05) is 13.1 Å². The summed E-state index contributed by atoms with van der Waals surface area (Å²) in [5.41, 5.74) is 0.379. The molecule has 1 heterocycles. The molecule has 0 saturated carbocycles. The van der Waals surface area contributed by atoms with Gasteiger partial charge in [0.05, 0.1) is 4.90 Å². The van der Waals surface area contributed by atoms with Crippen LogP contribution >= 0.6 is 0 Å². The summed E-state index contributed by atoms with van der Waals surface area (Å²) in [5, 5.41) is 0. The van der Waals surface area contributed by atoms with Crippen LogP contribution in [0.1, 0.15) is 18.9 Å². The Hall–Kier alpha value is -1.27.